The Kier molecular flexibility index (Phi) is 6.00. The standard InChI is InChI=1S/C21H32N2O5/c1-20(2,3)28-19(25)23-12-17-18(27-21(4,5)26-17)16(23)11-22-15(13-24)14-9-7-6-8-10-14/h6-10,15-18,22,24H,11-13H2,1-5H3/t15-,16-,17+,18-/m1/s1. The highest BCUT2D eigenvalue weighted by Crippen LogP contribution is 2.37. The molecule has 0 unspecified atom stereocenters. The summed E-state index contributed by atoms with van der Waals surface area (Å²) in [7, 11) is 0. The molecule has 0 spiro atoms. The molecule has 1 aromatic carbocycles. The molecule has 0 radical (unpaired) electrons. The largest absolute Gasteiger partial charge is 0.444 e. The van der Waals surface area contributed by atoms with Crippen LogP contribution in [0.1, 0.15) is 46.2 Å². The number of rotatable bonds is 5. The summed E-state index contributed by atoms with van der Waals surface area (Å²) >= 11 is 0. The van der Waals surface area contributed by atoms with Gasteiger partial charge in [-0.25, -0.2) is 4.79 Å². The molecule has 2 fully saturated rings. The summed E-state index contributed by atoms with van der Waals surface area (Å²) in [6.07, 6.45) is -0.817. The van der Waals surface area contributed by atoms with E-state index in [1.54, 1.807) is 4.90 Å². The van der Waals surface area contributed by atoms with Crippen molar-refractivity contribution < 1.29 is 24.1 Å². The van der Waals surface area contributed by atoms with Crippen molar-refractivity contribution in [2.24, 2.45) is 0 Å². The lowest BCUT2D eigenvalue weighted by molar-refractivity contribution is -0.160. The fraction of sp³-hybridized carbons (Fsp3) is 0.667. The van der Waals surface area contributed by atoms with E-state index in [0.29, 0.717) is 13.1 Å². The summed E-state index contributed by atoms with van der Waals surface area (Å²) in [6, 6.07) is 9.28. The fourth-order valence-corrected chi connectivity index (χ4v) is 3.83. The Bertz CT molecular complexity index is 673. The lowest BCUT2D eigenvalue weighted by Gasteiger charge is -2.32. The summed E-state index contributed by atoms with van der Waals surface area (Å²) in [5, 5.41) is 13.2. The molecule has 2 heterocycles. The molecule has 0 aromatic heterocycles. The maximum absolute atomic E-state index is 12.8. The molecule has 7 nitrogen and oxygen atoms in total. The molecular formula is C21H32N2O5. The van der Waals surface area contributed by atoms with Crippen LogP contribution in [-0.2, 0) is 14.2 Å². The Morgan fingerprint density at radius 2 is 2.00 bits per heavy atom. The van der Waals surface area contributed by atoms with Crippen molar-refractivity contribution in [2.45, 2.75) is 70.3 Å². The average molecular weight is 392 g/mol. The molecule has 3 rings (SSSR count). The van der Waals surface area contributed by atoms with Crippen LogP contribution in [-0.4, -0.2) is 65.4 Å². The second-order valence-electron chi connectivity index (χ2n) is 8.89. The van der Waals surface area contributed by atoms with Crippen molar-refractivity contribution in [1.82, 2.24) is 10.2 Å². The van der Waals surface area contributed by atoms with E-state index in [0.717, 1.165) is 5.56 Å². The van der Waals surface area contributed by atoms with Crippen LogP contribution in [0, 0.1) is 0 Å². The van der Waals surface area contributed by atoms with Crippen LogP contribution in [0.3, 0.4) is 0 Å². The highest BCUT2D eigenvalue weighted by atomic mass is 16.8. The Labute approximate surface area is 166 Å². The van der Waals surface area contributed by atoms with Crippen LogP contribution in [0.5, 0.6) is 0 Å². The first-order chi connectivity index (χ1) is 13.1. The van der Waals surface area contributed by atoms with Gasteiger partial charge in [-0.3, -0.25) is 4.90 Å². The zero-order valence-corrected chi connectivity index (χ0v) is 17.3. The van der Waals surface area contributed by atoms with Gasteiger partial charge in [0.2, 0.25) is 0 Å². The van der Waals surface area contributed by atoms with Gasteiger partial charge in [0.05, 0.1) is 25.2 Å². The normalized spacial score (nSPS) is 27.5. The fourth-order valence-electron chi connectivity index (χ4n) is 3.83. The van der Waals surface area contributed by atoms with Crippen LogP contribution in [0.4, 0.5) is 4.79 Å². The van der Waals surface area contributed by atoms with E-state index in [-0.39, 0.29) is 37.0 Å². The van der Waals surface area contributed by atoms with E-state index >= 15 is 0 Å². The molecule has 2 saturated heterocycles. The second-order valence-corrected chi connectivity index (χ2v) is 8.89. The number of nitrogens with one attached hydrogen (secondary N) is 1. The predicted octanol–water partition coefficient (Wildman–Crippen LogP) is 2.45. The van der Waals surface area contributed by atoms with E-state index in [2.05, 4.69) is 5.32 Å². The molecule has 28 heavy (non-hydrogen) atoms. The minimum Gasteiger partial charge on any atom is -0.444 e. The van der Waals surface area contributed by atoms with E-state index in [1.165, 1.54) is 0 Å². The van der Waals surface area contributed by atoms with E-state index in [4.69, 9.17) is 14.2 Å². The van der Waals surface area contributed by atoms with Crippen LogP contribution in [0.2, 0.25) is 0 Å². The number of benzene rings is 1. The van der Waals surface area contributed by atoms with E-state index in [9.17, 15) is 9.90 Å². The van der Waals surface area contributed by atoms with Crippen LogP contribution >= 0.6 is 0 Å². The molecule has 0 bridgehead atoms. The summed E-state index contributed by atoms with van der Waals surface area (Å²) in [4.78, 5) is 14.4. The van der Waals surface area contributed by atoms with Gasteiger partial charge in [-0.05, 0) is 40.2 Å². The molecule has 2 aliphatic rings. The number of amides is 1. The molecule has 1 amide bonds. The monoisotopic (exact) mass is 392 g/mol. The van der Waals surface area contributed by atoms with Gasteiger partial charge in [-0.2, -0.15) is 0 Å². The van der Waals surface area contributed by atoms with Gasteiger partial charge < -0.3 is 24.6 Å². The van der Waals surface area contributed by atoms with Gasteiger partial charge in [-0.15, -0.1) is 0 Å². The summed E-state index contributed by atoms with van der Waals surface area (Å²) in [5.41, 5.74) is 0.415. The Hall–Kier alpha value is -1.67. The third-order valence-electron chi connectivity index (χ3n) is 4.96. The number of carbonyl (C=O) groups excluding carboxylic acids is 1. The smallest absolute Gasteiger partial charge is 0.410 e. The highest BCUT2D eigenvalue weighted by Gasteiger charge is 2.54. The molecule has 2 aliphatic heterocycles. The minimum atomic E-state index is -0.677. The van der Waals surface area contributed by atoms with Gasteiger partial charge in [0.25, 0.3) is 0 Å². The Balaban J connectivity index is 1.74. The lowest BCUT2D eigenvalue weighted by Crippen LogP contribution is -2.49. The first-order valence-corrected chi connectivity index (χ1v) is 9.84. The van der Waals surface area contributed by atoms with Gasteiger partial charge in [0.15, 0.2) is 5.79 Å². The maximum atomic E-state index is 12.8. The lowest BCUT2D eigenvalue weighted by atomic mass is 10.1. The third kappa shape index (κ3) is 4.84. The van der Waals surface area contributed by atoms with Gasteiger partial charge in [-0.1, -0.05) is 30.3 Å². The third-order valence-corrected chi connectivity index (χ3v) is 4.96. The molecule has 4 atom stereocenters. The van der Waals surface area contributed by atoms with Crippen molar-refractivity contribution in [1.29, 1.82) is 0 Å². The van der Waals surface area contributed by atoms with E-state index < -0.39 is 11.4 Å². The minimum absolute atomic E-state index is 0.0416. The number of fused-ring (bicyclic) bond motifs is 1. The number of ether oxygens (including phenoxy) is 3. The van der Waals surface area contributed by atoms with Gasteiger partial charge >= 0.3 is 6.09 Å². The Morgan fingerprint density at radius 1 is 1.32 bits per heavy atom. The first-order valence-electron chi connectivity index (χ1n) is 9.84. The zero-order valence-electron chi connectivity index (χ0n) is 17.3. The first kappa shape index (κ1) is 21.0. The number of likely N-dealkylation sites (tertiary alicyclic amines) is 1. The Morgan fingerprint density at radius 3 is 2.61 bits per heavy atom. The van der Waals surface area contributed by atoms with Gasteiger partial charge in [0, 0.05) is 6.54 Å². The van der Waals surface area contributed by atoms with Crippen LogP contribution < -0.4 is 5.32 Å². The van der Waals surface area contributed by atoms with Crippen LogP contribution in [0.25, 0.3) is 0 Å². The number of aliphatic hydroxyl groups is 1. The number of hydrogen-bond acceptors (Lipinski definition) is 6. The zero-order chi connectivity index (χ0) is 20.5. The topological polar surface area (TPSA) is 80.3 Å². The summed E-state index contributed by atoms with van der Waals surface area (Å²) < 4.78 is 17.7. The molecule has 0 aliphatic carbocycles. The number of nitrogens with zero attached hydrogens (tertiary/aromatic N) is 1. The van der Waals surface area contributed by atoms with Crippen LogP contribution in [0.15, 0.2) is 30.3 Å². The maximum Gasteiger partial charge on any atom is 0.410 e. The van der Waals surface area contributed by atoms with Crippen molar-refractivity contribution in [3.8, 4) is 0 Å². The number of carbonyl (C=O) groups is 1. The average Bonchev–Trinajstić information content (AvgIpc) is 3.07. The van der Waals surface area contributed by atoms with Gasteiger partial charge in [0.1, 0.15) is 17.8 Å². The predicted molar refractivity (Wildman–Crippen MR) is 105 cm³/mol. The number of hydrogen-bond donors (Lipinski definition) is 2. The number of aliphatic hydroxyl groups excluding tert-OH is 1. The van der Waals surface area contributed by atoms with Crippen molar-refractivity contribution in [3.63, 3.8) is 0 Å². The van der Waals surface area contributed by atoms with E-state index in [1.807, 2.05) is 65.0 Å². The van der Waals surface area contributed by atoms with Crippen molar-refractivity contribution in [2.75, 3.05) is 19.7 Å². The SMILES string of the molecule is CC(C)(C)OC(=O)N1C[C@@H]2OC(C)(C)O[C@@H]2[C@H]1CN[C@H](CO)c1ccccc1. The molecule has 0 saturated carbocycles. The molecule has 156 valence electrons. The highest BCUT2D eigenvalue weighted by molar-refractivity contribution is 5.69. The summed E-state index contributed by atoms with van der Waals surface area (Å²) in [5.74, 6) is -0.677. The molecular weight excluding hydrogens is 360 g/mol. The van der Waals surface area contributed by atoms with Crippen molar-refractivity contribution >= 4 is 6.09 Å². The molecule has 1 aromatic rings. The summed E-state index contributed by atoms with van der Waals surface area (Å²) in [6.45, 7) is 10.2. The molecule has 7 heteroatoms. The van der Waals surface area contributed by atoms with Crippen molar-refractivity contribution in [3.05, 3.63) is 35.9 Å². The molecule has 2 N–H and O–H groups in total. The quantitative estimate of drug-likeness (QED) is 0.801. The second kappa shape index (κ2) is 7.99.